The Hall–Kier alpha value is -1.88. The molecule has 0 radical (unpaired) electrons. The van der Waals surface area contributed by atoms with E-state index in [2.05, 4.69) is 10.3 Å². The van der Waals surface area contributed by atoms with Crippen LogP contribution in [0.5, 0.6) is 5.75 Å². The highest BCUT2D eigenvalue weighted by Crippen LogP contribution is 2.17. The van der Waals surface area contributed by atoms with Crippen molar-refractivity contribution in [3.63, 3.8) is 0 Å². The Labute approximate surface area is 116 Å². The lowest BCUT2D eigenvalue weighted by atomic mass is 10.2. The molecule has 0 aliphatic rings. The monoisotopic (exact) mass is 276 g/mol. The van der Waals surface area contributed by atoms with Crippen molar-refractivity contribution in [2.45, 2.75) is 20.3 Å². The van der Waals surface area contributed by atoms with Gasteiger partial charge in [0.05, 0.1) is 24.2 Å². The van der Waals surface area contributed by atoms with Gasteiger partial charge >= 0.3 is 0 Å². The van der Waals surface area contributed by atoms with E-state index in [1.54, 1.807) is 5.51 Å². The molecule has 0 saturated heterocycles. The van der Waals surface area contributed by atoms with Crippen LogP contribution in [0.1, 0.15) is 17.5 Å². The third-order valence-corrected chi connectivity index (χ3v) is 3.55. The molecule has 0 fully saturated rings. The Morgan fingerprint density at radius 3 is 2.68 bits per heavy atom. The highest BCUT2D eigenvalue weighted by atomic mass is 32.1. The first-order valence-corrected chi connectivity index (χ1v) is 6.98. The number of benzene rings is 1. The molecule has 0 bridgehead atoms. The van der Waals surface area contributed by atoms with Crippen molar-refractivity contribution in [3.8, 4) is 5.75 Å². The number of nitrogens with one attached hydrogen (secondary N) is 1. The fraction of sp³-hybridized carbons (Fsp3) is 0.286. The van der Waals surface area contributed by atoms with Gasteiger partial charge in [-0.2, -0.15) is 0 Å². The smallest absolute Gasteiger partial charge is 0.229 e. The molecule has 1 aromatic heterocycles. The Balaban J connectivity index is 1.93. The number of thiazole rings is 1. The van der Waals surface area contributed by atoms with E-state index in [4.69, 9.17) is 4.74 Å². The fourth-order valence-corrected chi connectivity index (χ4v) is 2.42. The predicted molar refractivity (Wildman–Crippen MR) is 76.8 cm³/mol. The standard InChI is InChI=1S/C14H16N2O2S/c1-3-18-12-6-4-11(5-7-12)16-14(17)8-13-10(2)15-9-19-13/h4-7,9H,3,8H2,1-2H3,(H,16,17). The molecule has 0 aliphatic carbocycles. The second-order valence-corrected chi connectivity index (χ2v) is 4.98. The first-order valence-electron chi connectivity index (χ1n) is 6.10. The van der Waals surface area contributed by atoms with Gasteiger partial charge in [-0.05, 0) is 38.1 Å². The molecule has 0 saturated carbocycles. The molecule has 100 valence electrons. The van der Waals surface area contributed by atoms with Crippen LogP contribution in [0, 0.1) is 6.92 Å². The van der Waals surface area contributed by atoms with Crippen LogP contribution >= 0.6 is 11.3 Å². The van der Waals surface area contributed by atoms with Gasteiger partial charge in [-0.3, -0.25) is 4.79 Å². The van der Waals surface area contributed by atoms with Crippen LogP contribution in [0.2, 0.25) is 0 Å². The van der Waals surface area contributed by atoms with E-state index in [0.29, 0.717) is 13.0 Å². The molecule has 0 atom stereocenters. The lowest BCUT2D eigenvalue weighted by Gasteiger charge is -2.06. The Kier molecular flexibility index (Phi) is 4.52. The first kappa shape index (κ1) is 13.5. The van der Waals surface area contributed by atoms with Gasteiger partial charge in [0.1, 0.15) is 5.75 Å². The van der Waals surface area contributed by atoms with Gasteiger partial charge in [-0.25, -0.2) is 4.98 Å². The van der Waals surface area contributed by atoms with Crippen molar-refractivity contribution in [2.24, 2.45) is 0 Å². The molecule has 0 aliphatic heterocycles. The minimum Gasteiger partial charge on any atom is -0.494 e. The summed E-state index contributed by atoms with van der Waals surface area (Å²) in [4.78, 5) is 17.0. The third kappa shape index (κ3) is 3.79. The minimum atomic E-state index is -0.0310. The molecule has 0 spiro atoms. The average molecular weight is 276 g/mol. The van der Waals surface area contributed by atoms with Crippen LogP contribution < -0.4 is 10.1 Å². The Bertz CT molecular complexity index is 549. The fourth-order valence-electron chi connectivity index (χ4n) is 1.65. The second-order valence-electron chi connectivity index (χ2n) is 4.04. The number of aryl methyl sites for hydroxylation is 1. The number of carbonyl (C=O) groups excluding carboxylic acids is 1. The van der Waals surface area contributed by atoms with E-state index in [-0.39, 0.29) is 5.91 Å². The molecule has 1 amide bonds. The summed E-state index contributed by atoms with van der Waals surface area (Å²) in [5, 5.41) is 2.86. The van der Waals surface area contributed by atoms with Crippen LogP contribution in [-0.4, -0.2) is 17.5 Å². The van der Waals surface area contributed by atoms with Crippen molar-refractivity contribution >= 4 is 22.9 Å². The van der Waals surface area contributed by atoms with Crippen molar-refractivity contribution in [2.75, 3.05) is 11.9 Å². The number of rotatable bonds is 5. The maximum Gasteiger partial charge on any atom is 0.229 e. The summed E-state index contributed by atoms with van der Waals surface area (Å²) < 4.78 is 5.35. The van der Waals surface area contributed by atoms with Crippen molar-refractivity contribution in [3.05, 3.63) is 40.3 Å². The highest BCUT2D eigenvalue weighted by Gasteiger charge is 2.08. The molecule has 2 aromatic rings. The molecule has 0 unspecified atom stereocenters. The average Bonchev–Trinajstić information content (AvgIpc) is 2.78. The third-order valence-electron chi connectivity index (χ3n) is 2.62. The lowest BCUT2D eigenvalue weighted by molar-refractivity contribution is -0.115. The van der Waals surface area contributed by atoms with E-state index in [0.717, 1.165) is 22.0 Å². The van der Waals surface area contributed by atoms with E-state index >= 15 is 0 Å². The first-order chi connectivity index (χ1) is 9.19. The molecule has 1 heterocycles. The van der Waals surface area contributed by atoms with Crippen molar-refractivity contribution < 1.29 is 9.53 Å². The minimum absolute atomic E-state index is 0.0310. The van der Waals surface area contributed by atoms with Crippen LogP contribution in [-0.2, 0) is 11.2 Å². The Morgan fingerprint density at radius 1 is 1.37 bits per heavy atom. The van der Waals surface area contributed by atoms with E-state index in [1.165, 1.54) is 11.3 Å². The molecular formula is C14H16N2O2S. The van der Waals surface area contributed by atoms with Crippen LogP contribution in [0.4, 0.5) is 5.69 Å². The normalized spacial score (nSPS) is 10.2. The topological polar surface area (TPSA) is 51.2 Å². The van der Waals surface area contributed by atoms with Crippen LogP contribution in [0.3, 0.4) is 0 Å². The number of nitrogens with zero attached hydrogens (tertiary/aromatic N) is 1. The van der Waals surface area contributed by atoms with Gasteiger partial charge < -0.3 is 10.1 Å². The molecule has 2 rings (SSSR count). The number of ether oxygens (including phenoxy) is 1. The van der Waals surface area contributed by atoms with Crippen molar-refractivity contribution in [1.82, 2.24) is 4.98 Å². The number of amides is 1. The summed E-state index contributed by atoms with van der Waals surface area (Å²) in [5.74, 6) is 0.773. The molecular weight excluding hydrogens is 260 g/mol. The quantitative estimate of drug-likeness (QED) is 0.913. The zero-order valence-corrected chi connectivity index (χ0v) is 11.8. The second kappa shape index (κ2) is 6.33. The van der Waals surface area contributed by atoms with Gasteiger partial charge in [0, 0.05) is 10.6 Å². The number of aromatic nitrogens is 1. The zero-order chi connectivity index (χ0) is 13.7. The van der Waals surface area contributed by atoms with Gasteiger partial charge in [-0.1, -0.05) is 0 Å². The number of hydrogen-bond acceptors (Lipinski definition) is 4. The predicted octanol–water partition coefficient (Wildman–Crippen LogP) is 3.03. The van der Waals surface area contributed by atoms with E-state index in [9.17, 15) is 4.79 Å². The van der Waals surface area contributed by atoms with E-state index < -0.39 is 0 Å². The molecule has 1 N–H and O–H groups in total. The maximum atomic E-state index is 11.9. The number of anilines is 1. The van der Waals surface area contributed by atoms with Gasteiger partial charge in [0.25, 0.3) is 0 Å². The lowest BCUT2D eigenvalue weighted by Crippen LogP contribution is -2.14. The largest absolute Gasteiger partial charge is 0.494 e. The van der Waals surface area contributed by atoms with Gasteiger partial charge in [0.2, 0.25) is 5.91 Å². The summed E-state index contributed by atoms with van der Waals surface area (Å²) >= 11 is 1.51. The van der Waals surface area contributed by atoms with Crippen molar-refractivity contribution in [1.29, 1.82) is 0 Å². The van der Waals surface area contributed by atoms with Gasteiger partial charge in [0.15, 0.2) is 0 Å². The SMILES string of the molecule is CCOc1ccc(NC(=O)Cc2scnc2C)cc1. The summed E-state index contributed by atoms with van der Waals surface area (Å²) in [6, 6.07) is 7.36. The Morgan fingerprint density at radius 2 is 2.11 bits per heavy atom. The molecule has 1 aromatic carbocycles. The summed E-state index contributed by atoms with van der Waals surface area (Å²) in [6.45, 7) is 4.49. The molecule has 4 nitrogen and oxygen atoms in total. The zero-order valence-electron chi connectivity index (χ0n) is 11.0. The summed E-state index contributed by atoms with van der Waals surface area (Å²) in [5.41, 5.74) is 3.46. The van der Waals surface area contributed by atoms with Crippen LogP contribution in [0.25, 0.3) is 0 Å². The molecule has 5 heteroatoms. The summed E-state index contributed by atoms with van der Waals surface area (Å²) in [6.07, 6.45) is 0.365. The van der Waals surface area contributed by atoms with E-state index in [1.807, 2.05) is 38.1 Å². The maximum absolute atomic E-state index is 11.9. The molecule has 19 heavy (non-hydrogen) atoms. The van der Waals surface area contributed by atoms with Crippen LogP contribution in [0.15, 0.2) is 29.8 Å². The number of hydrogen-bond donors (Lipinski definition) is 1. The summed E-state index contributed by atoms with van der Waals surface area (Å²) in [7, 11) is 0. The van der Waals surface area contributed by atoms with Gasteiger partial charge in [-0.15, -0.1) is 11.3 Å². The number of carbonyl (C=O) groups is 1. The highest BCUT2D eigenvalue weighted by molar-refractivity contribution is 7.09.